The number of carbonyl (C=O) groups excluding carboxylic acids is 3. The molecule has 0 aliphatic heterocycles. The molecular formula is C61H110O6. The Labute approximate surface area is 416 Å². The highest BCUT2D eigenvalue weighted by atomic mass is 16.6. The molecule has 390 valence electrons. The summed E-state index contributed by atoms with van der Waals surface area (Å²) in [7, 11) is 0. The lowest BCUT2D eigenvalue weighted by atomic mass is 10.1. The van der Waals surface area contributed by atoms with Crippen molar-refractivity contribution in [3.05, 3.63) is 48.6 Å². The molecule has 0 saturated heterocycles. The van der Waals surface area contributed by atoms with Gasteiger partial charge >= 0.3 is 17.9 Å². The van der Waals surface area contributed by atoms with Crippen LogP contribution in [-0.2, 0) is 28.6 Å². The number of ether oxygens (including phenoxy) is 3. The van der Waals surface area contributed by atoms with Gasteiger partial charge in [0.2, 0.25) is 0 Å². The molecule has 0 fully saturated rings. The highest BCUT2D eigenvalue weighted by molar-refractivity contribution is 5.71. The Hall–Kier alpha value is -2.63. The fourth-order valence-electron chi connectivity index (χ4n) is 8.35. The van der Waals surface area contributed by atoms with Crippen molar-refractivity contribution >= 4 is 17.9 Å². The maximum Gasteiger partial charge on any atom is 0.306 e. The van der Waals surface area contributed by atoms with Crippen LogP contribution in [0.2, 0.25) is 0 Å². The Balaban J connectivity index is 4.34. The zero-order valence-electron chi connectivity index (χ0n) is 44.7. The summed E-state index contributed by atoms with van der Waals surface area (Å²) in [5.41, 5.74) is 0. The quantitative estimate of drug-likeness (QED) is 0.0262. The number of unbranched alkanes of at least 4 members (excludes halogenated alkanes) is 34. The van der Waals surface area contributed by atoms with Crippen LogP contribution in [0.1, 0.15) is 303 Å². The summed E-state index contributed by atoms with van der Waals surface area (Å²) in [5.74, 6) is -0.883. The second kappa shape index (κ2) is 56.0. The predicted octanol–water partition coefficient (Wildman–Crippen LogP) is 19.4. The molecule has 0 spiro atoms. The normalized spacial score (nSPS) is 12.3. The van der Waals surface area contributed by atoms with Crippen molar-refractivity contribution in [2.75, 3.05) is 13.2 Å². The van der Waals surface area contributed by atoms with E-state index < -0.39 is 6.10 Å². The minimum atomic E-state index is -0.779. The molecule has 67 heavy (non-hydrogen) atoms. The zero-order valence-corrected chi connectivity index (χ0v) is 44.7. The molecule has 6 heteroatoms. The van der Waals surface area contributed by atoms with Crippen molar-refractivity contribution in [1.82, 2.24) is 0 Å². The van der Waals surface area contributed by atoms with E-state index in [9.17, 15) is 14.4 Å². The molecule has 0 rings (SSSR count). The van der Waals surface area contributed by atoms with Crippen LogP contribution in [0.5, 0.6) is 0 Å². The Morgan fingerprint density at radius 1 is 0.299 bits per heavy atom. The van der Waals surface area contributed by atoms with E-state index in [1.165, 1.54) is 193 Å². The van der Waals surface area contributed by atoms with Crippen LogP contribution >= 0.6 is 0 Å². The molecule has 0 aromatic heterocycles. The number of esters is 3. The van der Waals surface area contributed by atoms with Crippen molar-refractivity contribution < 1.29 is 28.6 Å². The van der Waals surface area contributed by atoms with Crippen LogP contribution in [0, 0.1) is 0 Å². The second-order valence-corrected chi connectivity index (χ2v) is 19.5. The third kappa shape index (κ3) is 54.2. The van der Waals surface area contributed by atoms with E-state index in [4.69, 9.17) is 14.2 Å². The lowest BCUT2D eigenvalue weighted by Crippen LogP contribution is -2.30. The van der Waals surface area contributed by atoms with Gasteiger partial charge in [0, 0.05) is 19.3 Å². The molecule has 0 radical (unpaired) electrons. The van der Waals surface area contributed by atoms with Gasteiger partial charge in [-0.25, -0.2) is 0 Å². The molecule has 0 amide bonds. The first-order valence-electron chi connectivity index (χ1n) is 29.1. The summed E-state index contributed by atoms with van der Waals surface area (Å²) >= 11 is 0. The lowest BCUT2D eigenvalue weighted by molar-refractivity contribution is -0.167. The van der Waals surface area contributed by atoms with Gasteiger partial charge in [-0.3, -0.25) is 14.4 Å². The molecule has 0 aromatic rings. The molecule has 0 N–H and O–H groups in total. The maximum absolute atomic E-state index is 12.9. The van der Waals surface area contributed by atoms with Crippen LogP contribution in [-0.4, -0.2) is 37.2 Å². The highest BCUT2D eigenvalue weighted by Gasteiger charge is 2.19. The molecule has 0 aromatic carbocycles. The second-order valence-electron chi connectivity index (χ2n) is 19.5. The Bertz CT molecular complexity index is 1170. The third-order valence-electron chi connectivity index (χ3n) is 12.8. The fraction of sp³-hybridized carbons (Fsp3) is 0.820. The van der Waals surface area contributed by atoms with Crippen LogP contribution in [0.4, 0.5) is 0 Å². The zero-order chi connectivity index (χ0) is 48.6. The van der Waals surface area contributed by atoms with Gasteiger partial charge in [0.15, 0.2) is 6.10 Å². The largest absolute Gasteiger partial charge is 0.462 e. The molecular weight excluding hydrogens is 829 g/mol. The van der Waals surface area contributed by atoms with E-state index in [1.54, 1.807) is 0 Å². The van der Waals surface area contributed by atoms with Gasteiger partial charge in [0.25, 0.3) is 0 Å². The standard InChI is InChI=1S/C61H110O6/c1-4-7-10-13-16-19-22-25-27-29-31-33-34-36-39-42-45-48-51-54-60(63)66-57-58(56-65-59(62)53-50-47-44-41-38-24-21-18-15-12-9-6-3)67-61(64)55-52-49-46-43-40-37-35-32-30-28-26-23-20-17-14-11-8-5-2/h16,18-19,21,25,27-28,30,58H,4-15,17,20,22-24,26,29,31-57H2,1-3H3/b19-16-,21-18-,27-25-,30-28-. The number of rotatable bonds is 53. The van der Waals surface area contributed by atoms with E-state index in [1.807, 2.05) is 0 Å². The number of carbonyl (C=O) groups is 3. The van der Waals surface area contributed by atoms with E-state index in [2.05, 4.69) is 69.4 Å². The van der Waals surface area contributed by atoms with E-state index >= 15 is 0 Å². The molecule has 6 nitrogen and oxygen atoms in total. The van der Waals surface area contributed by atoms with Crippen molar-refractivity contribution in [2.45, 2.75) is 309 Å². The van der Waals surface area contributed by atoms with Crippen molar-refractivity contribution in [3.8, 4) is 0 Å². The Morgan fingerprint density at radius 2 is 0.537 bits per heavy atom. The van der Waals surface area contributed by atoms with Gasteiger partial charge < -0.3 is 14.2 Å². The monoisotopic (exact) mass is 939 g/mol. The first kappa shape index (κ1) is 64.4. The van der Waals surface area contributed by atoms with Gasteiger partial charge in [-0.05, 0) is 103 Å². The molecule has 1 atom stereocenters. The minimum Gasteiger partial charge on any atom is -0.462 e. The first-order valence-corrected chi connectivity index (χ1v) is 29.1. The summed E-state index contributed by atoms with van der Waals surface area (Å²) in [4.78, 5) is 38.1. The van der Waals surface area contributed by atoms with E-state index in [0.29, 0.717) is 19.3 Å². The molecule has 0 aliphatic carbocycles. The molecule has 0 aliphatic rings. The molecule has 0 bridgehead atoms. The fourth-order valence-corrected chi connectivity index (χ4v) is 8.35. The maximum atomic E-state index is 12.9. The van der Waals surface area contributed by atoms with Gasteiger partial charge in [-0.1, -0.05) is 230 Å². The average molecular weight is 940 g/mol. The lowest BCUT2D eigenvalue weighted by Gasteiger charge is -2.18. The summed E-state index contributed by atoms with van der Waals surface area (Å²) < 4.78 is 16.9. The summed E-state index contributed by atoms with van der Waals surface area (Å²) in [6, 6.07) is 0. The Kier molecular flexibility index (Phi) is 53.8. The van der Waals surface area contributed by atoms with Crippen LogP contribution in [0.3, 0.4) is 0 Å². The van der Waals surface area contributed by atoms with Crippen molar-refractivity contribution in [2.24, 2.45) is 0 Å². The van der Waals surface area contributed by atoms with Gasteiger partial charge in [0.1, 0.15) is 13.2 Å². The third-order valence-corrected chi connectivity index (χ3v) is 12.8. The van der Waals surface area contributed by atoms with Gasteiger partial charge in [-0.2, -0.15) is 0 Å². The number of hydrogen-bond acceptors (Lipinski definition) is 6. The van der Waals surface area contributed by atoms with E-state index in [0.717, 1.165) is 70.6 Å². The summed E-state index contributed by atoms with van der Waals surface area (Å²) in [5, 5.41) is 0. The Morgan fingerprint density at radius 3 is 0.866 bits per heavy atom. The molecule has 0 heterocycles. The van der Waals surface area contributed by atoms with Gasteiger partial charge in [-0.15, -0.1) is 0 Å². The highest BCUT2D eigenvalue weighted by Crippen LogP contribution is 2.16. The summed E-state index contributed by atoms with van der Waals surface area (Å²) in [6.07, 6.45) is 68.1. The van der Waals surface area contributed by atoms with Crippen LogP contribution in [0.15, 0.2) is 48.6 Å². The average Bonchev–Trinajstić information content (AvgIpc) is 3.33. The van der Waals surface area contributed by atoms with Crippen LogP contribution in [0.25, 0.3) is 0 Å². The van der Waals surface area contributed by atoms with Crippen molar-refractivity contribution in [1.29, 1.82) is 0 Å². The minimum absolute atomic E-state index is 0.0782. The molecule has 0 saturated carbocycles. The first-order chi connectivity index (χ1) is 33.0. The van der Waals surface area contributed by atoms with E-state index in [-0.39, 0.29) is 31.1 Å². The smallest absolute Gasteiger partial charge is 0.306 e. The molecule has 1 unspecified atom stereocenters. The van der Waals surface area contributed by atoms with Crippen molar-refractivity contribution in [3.63, 3.8) is 0 Å². The number of hydrogen-bond donors (Lipinski definition) is 0. The SMILES string of the molecule is CCCCC/C=C\C/C=C\CCCCCCCCCCCC(=O)OCC(COC(=O)CCCCCCC/C=C\CCCCC)OC(=O)CCCCCCCCC/C=C\CCCCCCCCC. The van der Waals surface area contributed by atoms with Crippen LogP contribution < -0.4 is 0 Å². The van der Waals surface area contributed by atoms with Gasteiger partial charge in [0.05, 0.1) is 0 Å². The topological polar surface area (TPSA) is 78.9 Å². The number of allylic oxidation sites excluding steroid dienone is 8. The summed E-state index contributed by atoms with van der Waals surface area (Å²) in [6.45, 7) is 6.60. The predicted molar refractivity (Wildman–Crippen MR) is 289 cm³/mol.